The molecule has 1 aliphatic rings. The molecule has 1 heterocycles. The van der Waals surface area contributed by atoms with Gasteiger partial charge in [-0.25, -0.2) is 9.69 Å². The number of carboxylic acids is 1. The summed E-state index contributed by atoms with van der Waals surface area (Å²) in [6, 6.07) is -0.826. The van der Waals surface area contributed by atoms with Crippen LogP contribution in [0.2, 0.25) is 0 Å². The van der Waals surface area contributed by atoms with Crippen LogP contribution in [0.1, 0.15) is 6.92 Å². The summed E-state index contributed by atoms with van der Waals surface area (Å²) in [7, 11) is 0. The van der Waals surface area contributed by atoms with E-state index in [0.29, 0.717) is 0 Å². The molecule has 0 bridgehead atoms. The summed E-state index contributed by atoms with van der Waals surface area (Å²) in [5.41, 5.74) is 0. The van der Waals surface area contributed by atoms with Gasteiger partial charge in [0, 0.05) is 0 Å². The fourth-order valence-electron chi connectivity index (χ4n) is 1.04. The van der Waals surface area contributed by atoms with Gasteiger partial charge in [0.2, 0.25) is 5.91 Å². The number of carbonyl (C=O) groups excluding carboxylic acids is 2. The lowest BCUT2D eigenvalue weighted by atomic mass is 10.3. The number of carbonyl (C=O) groups is 3. The third kappa shape index (κ3) is 2.91. The average Bonchev–Trinajstić information content (AvgIpc) is 2.60. The zero-order valence-electron chi connectivity index (χ0n) is 8.23. The summed E-state index contributed by atoms with van der Waals surface area (Å²) in [6.07, 6.45) is -0.676. The zero-order chi connectivity index (χ0) is 11.4. The van der Waals surface area contributed by atoms with Crippen molar-refractivity contribution in [2.75, 3.05) is 19.7 Å². The van der Waals surface area contributed by atoms with Crippen LogP contribution in [0, 0.1) is 0 Å². The molecule has 0 saturated carbocycles. The third-order valence-corrected chi connectivity index (χ3v) is 1.99. The molecule has 0 radical (unpaired) electrons. The molecule has 0 aromatic rings. The topological polar surface area (TPSA) is 95.9 Å². The number of rotatable bonds is 4. The third-order valence-electron chi connectivity index (χ3n) is 1.99. The van der Waals surface area contributed by atoms with Gasteiger partial charge in [0.1, 0.15) is 12.6 Å². The molecule has 1 saturated heterocycles. The molecule has 1 aliphatic heterocycles. The van der Waals surface area contributed by atoms with Crippen LogP contribution in [0.15, 0.2) is 0 Å². The molecule has 15 heavy (non-hydrogen) atoms. The van der Waals surface area contributed by atoms with E-state index in [1.54, 1.807) is 0 Å². The fraction of sp³-hybridized carbons (Fsp3) is 0.625. The largest absolute Gasteiger partial charge is 0.480 e. The standard InChI is InChI=1S/C8H12N2O5/c1-5(7(12)13)9-4-6(11)10-2-3-15-8(10)14/h5,9H,2-4H2,1H3,(H,12,13)/t5-/m0/s1. The molecule has 1 fully saturated rings. The Morgan fingerprint density at radius 3 is 2.80 bits per heavy atom. The maximum absolute atomic E-state index is 11.4. The van der Waals surface area contributed by atoms with Crippen molar-refractivity contribution in [1.82, 2.24) is 10.2 Å². The van der Waals surface area contributed by atoms with Gasteiger partial charge in [0.25, 0.3) is 0 Å². The second kappa shape index (κ2) is 4.74. The predicted octanol–water partition coefficient (Wildman–Crippen LogP) is -0.972. The molecule has 0 unspecified atom stereocenters. The first kappa shape index (κ1) is 11.4. The molecule has 0 aliphatic carbocycles. The molecular weight excluding hydrogens is 204 g/mol. The average molecular weight is 216 g/mol. The number of ether oxygens (including phenoxy) is 1. The summed E-state index contributed by atoms with van der Waals surface area (Å²) >= 11 is 0. The molecule has 1 rings (SSSR count). The molecule has 84 valence electrons. The van der Waals surface area contributed by atoms with Crippen LogP contribution in [0.5, 0.6) is 0 Å². The smallest absolute Gasteiger partial charge is 0.416 e. The molecule has 0 aromatic heterocycles. The van der Waals surface area contributed by atoms with Gasteiger partial charge in [-0.2, -0.15) is 0 Å². The van der Waals surface area contributed by atoms with Gasteiger partial charge in [0.15, 0.2) is 0 Å². The van der Waals surface area contributed by atoms with Crippen LogP contribution in [-0.4, -0.2) is 53.7 Å². The number of nitrogens with zero attached hydrogens (tertiary/aromatic N) is 1. The summed E-state index contributed by atoms with van der Waals surface area (Å²) in [4.78, 5) is 33.6. The first-order valence-corrected chi connectivity index (χ1v) is 4.45. The van der Waals surface area contributed by atoms with Gasteiger partial charge in [-0.15, -0.1) is 0 Å². The highest BCUT2D eigenvalue weighted by molar-refractivity contribution is 5.94. The molecule has 1 atom stereocenters. The minimum absolute atomic E-state index is 0.192. The lowest BCUT2D eigenvalue weighted by Crippen LogP contribution is -2.43. The van der Waals surface area contributed by atoms with E-state index in [2.05, 4.69) is 10.1 Å². The molecule has 7 heteroatoms. The van der Waals surface area contributed by atoms with Crippen molar-refractivity contribution in [2.24, 2.45) is 0 Å². The van der Waals surface area contributed by atoms with Crippen molar-refractivity contribution < 1.29 is 24.2 Å². The van der Waals surface area contributed by atoms with E-state index >= 15 is 0 Å². The number of imide groups is 1. The van der Waals surface area contributed by atoms with Crippen molar-refractivity contribution >= 4 is 18.0 Å². The molecule has 2 amide bonds. The van der Waals surface area contributed by atoms with Crippen LogP contribution in [0.4, 0.5) is 4.79 Å². The molecule has 0 spiro atoms. The van der Waals surface area contributed by atoms with E-state index in [1.807, 2.05) is 0 Å². The van der Waals surface area contributed by atoms with Crippen LogP contribution in [0.3, 0.4) is 0 Å². The molecule has 7 nitrogen and oxygen atoms in total. The molecular formula is C8H12N2O5. The monoisotopic (exact) mass is 216 g/mol. The van der Waals surface area contributed by atoms with Crippen LogP contribution in [-0.2, 0) is 14.3 Å². The van der Waals surface area contributed by atoms with Gasteiger partial charge >= 0.3 is 12.1 Å². The van der Waals surface area contributed by atoms with Crippen molar-refractivity contribution in [3.8, 4) is 0 Å². The Balaban J connectivity index is 2.36. The summed E-state index contributed by atoms with van der Waals surface area (Å²) in [5, 5.41) is 11.0. The van der Waals surface area contributed by atoms with Crippen LogP contribution < -0.4 is 5.32 Å². The fourth-order valence-corrected chi connectivity index (χ4v) is 1.04. The van der Waals surface area contributed by atoms with E-state index in [1.165, 1.54) is 6.92 Å². The van der Waals surface area contributed by atoms with Crippen LogP contribution in [0.25, 0.3) is 0 Å². The highest BCUT2D eigenvalue weighted by Crippen LogP contribution is 2.02. The Kier molecular flexibility index (Phi) is 3.62. The van der Waals surface area contributed by atoms with E-state index < -0.39 is 24.0 Å². The second-order valence-corrected chi connectivity index (χ2v) is 3.10. The Bertz CT molecular complexity index is 291. The van der Waals surface area contributed by atoms with Gasteiger partial charge in [-0.05, 0) is 6.92 Å². The van der Waals surface area contributed by atoms with Crippen molar-refractivity contribution in [3.63, 3.8) is 0 Å². The predicted molar refractivity (Wildman–Crippen MR) is 48.2 cm³/mol. The van der Waals surface area contributed by atoms with Crippen LogP contribution >= 0.6 is 0 Å². The summed E-state index contributed by atoms with van der Waals surface area (Å²) < 4.78 is 4.56. The maximum atomic E-state index is 11.4. The number of hydrogen-bond donors (Lipinski definition) is 2. The SMILES string of the molecule is C[C@H](NCC(=O)N1CCOC1=O)C(=O)O. The summed E-state index contributed by atoms with van der Waals surface area (Å²) in [6.45, 7) is 1.64. The number of cyclic esters (lactones) is 1. The van der Waals surface area contributed by atoms with E-state index in [9.17, 15) is 14.4 Å². The van der Waals surface area contributed by atoms with Crippen molar-refractivity contribution in [3.05, 3.63) is 0 Å². The molecule has 2 N–H and O–H groups in total. The highest BCUT2D eigenvalue weighted by atomic mass is 16.6. The van der Waals surface area contributed by atoms with Crippen molar-refractivity contribution in [2.45, 2.75) is 13.0 Å². The lowest BCUT2D eigenvalue weighted by molar-refractivity contribution is -0.139. The minimum Gasteiger partial charge on any atom is -0.480 e. The molecule has 0 aromatic carbocycles. The first-order valence-electron chi connectivity index (χ1n) is 4.45. The lowest BCUT2D eigenvalue weighted by Gasteiger charge is -2.12. The maximum Gasteiger partial charge on any atom is 0.416 e. The van der Waals surface area contributed by atoms with Gasteiger partial charge in [-0.1, -0.05) is 0 Å². The number of nitrogens with one attached hydrogen (secondary N) is 1. The number of hydrogen-bond acceptors (Lipinski definition) is 5. The Morgan fingerprint density at radius 2 is 2.33 bits per heavy atom. The van der Waals surface area contributed by atoms with E-state index in [-0.39, 0.29) is 19.7 Å². The van der Waals surface area contributed by atoms with Gasteiger partial charge < -0.3 is 9.84 Å². The van der Waals surface area contributed by atoms with Gasteiger partial charge in [0.05, 0.1) is 13.1 Å². The first-order chi connectivity index (χ1) is 7.02. The number of carboxylic acid groups (broad SMARTS) is 1. The zero-order valence-corrected chi connectivity index (χ0v) is 8.23. The second-order valence-electron chi connectivity index (χ2n) is 3.10. The highest BCUT2D eigenvalue weighted by Gasteiger charge is 2.28. The van der Waals surface area contributed by atoms with E-state index in [0.717, 1.165) is 4.90 Å². The quantitative estimate of drug-likeness (QED) is 0.627. The normalized spacial score (nSPS) is 17.4. The Labute approximate surface area is 86.0 Å². The van der Waals surface area contributed by atoms with E-state index in [4.69, 9.17) is 5.11 Å². The Hall–Kier alpha value is -1.63. The van der Waals surface area contributed by atoms with Gasteiger partial charge in [-0.3, -0.25) is 14.9 Å². The Morgan fingerprint density at radius 1 is 1.67 bits per heavy atom. The summed E-state index contributed by atoms with van der Waals surface area (Å²) in [5.74, 6) is -1.53. The van der Waals surface area contributed by atoms with Crippen molar-refractivity contribution in [1.29, 1.82) is 0 Å². The minimum atomic E-state index is -1.05. The number of aliphatic carboxylic acids is 1. The number of amides is 2.